The van der Waals surface area contributed by atoms with Crippen LogP contribution in [0.2, 0.25) is 5.02 Å². The van der Waals surface area contributed by atoms with E-state index in [2.05, 4.69) is 22.2 Å². The average molecular weight is 426 g/mol. The number of aliphatic imine (C=N–C) groups is 1. The van der Waals surface area contributed by atoms with E-state index in [4.69, 9.17) is 11.6 Å². The molecule has 1 aromatic rings. The Morgan fingerprint density at radius 2 is 2.25 bits per heavy atom. The lowest BCUT2D eigenvalue weighted by Crippen LogP contribution is -2.37. The quantitative estimate of drug-likeness (QED) is 0.231. The van der Waals surface area contributed by atoms with Crippen LogP contribution in [-0.2, 0) is 6.54 Å². The van der Waals surface area contributed by atoms with Crippen LogP contribution in [0.5, 0.6) is 0 Å². The number of rotatable bonds is 7. The molecule has 0 saturated heterocycles. The maximum atomic E-state index is 5.94. The summed E-state index contributed by atoms with van der Waals surface area (Å²) in [7, 11) is 1.77. The van der Waals surface area contributed by atoms with E-state index >= 15 is 0 Å². The number of hydrogen-bond acceptors (Lipinski definition) is 2. The van der Waals surface area contributed by atoms with Crippen molar-refractivity contribution >= 4 is 53.3 Å². The molecule has 6 heteroatoms. The monoisotopic (exact) mass is 425 g/mol. The van der Waals surface area contributed by atoms with Gasteiger partial charge in [-0.25, -0.2) is 0 Å². The van der Waals surface area contributed by atoms with Crippen LogP contribution in [-0.4, -0.2) is 31.1 Å². The smallest absolute Gasteiger partial charge is 0.191 e. The number of nitrogens with zero attached hydrogens (tertiary/aromatic N) is 1. The molecule has 0 aliphatic carbocycles. The minimum absolute atomic E-state index is 0. The summed E-state index contributed by atoms with van der Waals surface area (Å²) in [4.78, 5) is 4.18. The summed E-state index contributed by atoms with van der Waals surface area (Å²) in [6.45, 7) is 5.28. The van der Waals surface area contributed by atoms with E-state index in [0.717, 1.165) is 34.6 Å². The number of halogens is 2. The van der Waals surface area contributed by atoms with E-state index in [1.807, 2.05) is 42.1 Å². The second-order valence-corrected chi connectivity index (χ2v) is 5.43. The highest BCUT2D eigenvalue weighted by molar-refractivity contribution is 14.0. The third-order valence-corrected chi connectivity index (χ3v) is 3.55. The molecule has 0 heterocycles. The third-order valence-electron chi connectivity index (χ3n) is 2.35. The summed E-state index contributed by atoms with van der Waals surface area (Å²) in [5.74, 6) is 2.82. The lowest BCUT2D eigenvalue weighted by atomic mass is 10.2. The number of nitrogens with one attached hydrogen (secondary N) is 2. The van der Waals surface area contributed by atoms with Crippen LogP contribution in [0.15, 0.2) is 41.9 Å². The van der Waals surface area contributed by atoms with Gasteiger partial charge >= 0.3 is 0 Å². The van der Waals surface area contributed by atoms with Gasteiger partial charge in [-0.3, -0.25) is 4.99 Å². The fraction of sp³-hybridized carbons (Fsp3) is 0.357. The van der Waals surface area contributed by atoms with E-state index in [1.54, 1.807) is 7.05 Å². The van der Waals surface area contributed by atoms with Gasteiger partial charge in [0.1, 0.15) is 0 Å². The highest BCUT2D eigenvalue weighted by Crippen LogP contribution is 2.10. The zero-order valence-corrected chi connectivity index (χ0v) is 15.5. The minimum atomic E-state index is 0. The van der Waals surface area contributed by atoms with Crippen LogP contribution in [0.25, 0.3) is 0 Å². The molecule has 0 radical (unpaired) electrons. The first kappa shape index (κ1) is 19.6. The van der Waals surface area contributed by atoms with Gasteiger partial charge < -0.3 is 10.6 Å². The molecule has 0 aromatic heterocycles. The van der Waals surface area contributed by atoms with Gasteiger partial charge in [-0.1, -0.05) is 29.8 Å². The van der Waals surface area contributed by atoms with Crippen LogP contribution in [0.1, 0.15) is 5.56 Å². The molecule has 0 fully saturated rings. The Balaban J connectivity index is 0.00000361. The Morgan fingerprint density at radius 1 is 1.45 bits per heavy atom. The van der Waals surface area contributed by atoms with Crippen molar-refractivity contribution < 1.29 is 0 Å². The van der Waals surface area contributed by atoms with Gasteiger partial charge in [0.2, 0.25) is 0 Å². The largest absolute Gasteiger partial charge is 0.356 e. The number of guanidine groups is 1. The van der Waals surface area contributed by atoms with Crippen LogP contribution >= 0.6 is 47.3 Å². The zero-order chi connectivity index (χ0) is 13.9. The zero-order valence-electron chi connectivity index (χ0n) is 11.6. The van der Waals surface area contributed by atoms with Crippen LogP contribution < -0.4 is 10.6 Å². The molecular formula is C14H21ClIN3S. The SMILES string of the molecule is C=CCSCCNC(=NC)NCc1cccc(Cl)c1.I. The average Bonchev–Trinajstić information content (AvgIpc) is 2.42. The van der Waals surface area contributed by atoms with E-state index < -0.39 is 0 Å². The van der Waals surface area contributed by atoms with Crippen molar-refractivity contribution in [1.82, 2.24) is 10.6 Å². The molecule has 3 nitrogen and oxygen atoms in total. The molecule has 0 aliphatic heterocycles. The Kier molecular flexibility index (Phi) is 12.1. The normalized spacial score (nSPS) is 10.6. The first-order valence-corrected chi connectivity index (χ1v) is 7.67. The van der Waals surface area contributed by atoms with Gasteiger partial charge in [0, 0.05) is 36.7 Å². The lowest BCUT2D eigenvalue weighted by Gasteiger charge is -2.11. The first-order chi connectivity index (χ1) is 9.26. The van der Waals surface area contributed by atoms with Crippen LogP contribution in [0, 0.1) is 0 Å². The molecule has 0 saturated carbocycles. The fourth-order valence-corrected chi connectivity index (χ4v) is 2.25. The maximum Gasteiger partial charge on any atom is 0.191 e. The summed E-state index contributed by atoms with van der Waals surface area (Å²) >= 11 is 7.78. The second kappa shape index (κ2) is 12.3. The molecule has 20 heavy (non-hydrogen) atoms. The highest BCUT2D eigenvalue weighted by Gasteiger charge is 1.98. The van der Waals surface area contributed by atoms with Gasteiger partial charge in [0.05, 0.1) is 0 Å². The second-order valence-electron chi connectivity index (χ2n) is 3.85. The Labute approximate surface area is 147 Å². The summed E-state index contributed by atoms with van der Waals surface area (Å²) in [6, 6.07) is 7.80. The van der Waals surface area contributed by atoms with Gasteiger partial charge in [-0.2, -0.15) is 11.8 Å². The molecule has 0 bridgehead atoms. The topological polar surface area (TPSA) is 36.4 Å². The predicted molar refractivity (Wildman–Crippen MR) is 103 cm³/mol. The van der Waals surface area contributed by atoms with E-state index in [-0.39, 0.29) is 24.0 Å². The van der Waals surface area contributed by atoms with Gasteiger partial charge in [0.15, 0.2) is 5.96 Å². The Morgan fingerprint density at radius 3 is 2.90 bits per heavy atom. The lowest BCUT2D eigenvalue weighted by molar-refractivity contribution is 0.833. The van der Waals surface area contributed by atoms with Crippen molar-refractivity contribution in [2.45, 2.75) is 6.54 Å². The Bertz CT molecular complexity index is 427. The van der Waals surface area contributed by atoms with Crippen LogP contribution in [0.4, 0.5) is 0 Å². The fourth-order valence-electron chi connectivity index (χ4n) is 1.46. The number of thioether (sulfide) groups is 1. The summed E-state index contributed by atoms with van der Waals surface area (Å²) < 4.78 is 0. The summed E-state index contributed by atoms with van der Waals surface area (Å²) in [6.07, 6.45) is 1.91. The van der Waals surface area contributed by atoms with E-state index in [1.165, 1.54) is 0 Å². The molecule has 0 amide bonds. The van der Waals surface area contributed by atoms with Gasteiger partial charge in [0.25, 0.3) is 0 Å². The first-order valence-electron chi connectivity index (χ1n) is 6.14. The van der Waals surface area contributed by atoms with Crippen molar-refractivity contribution in [3.8, 4) is 0 Å². The van der Waals surface area contributed by atoms with Gasteiger partial charge in [-0.05, 0) is 17.7 Å². The van der Waals surface area contributed by atoms with Crippen molar-refractivity contribution in [3.05, 3.63) is 47.5 Å². The summed E-state index contributed by atoms with van der Waals surface area (Å²) in [5, 5.41) is 7.27. The third kappa shape index (κ3) is 8.71. The highest BCUT2D eigenvalue weighted by atomic mass is 127. The van der Waals surface area contributed by atoms with Crippen LogP contribution in [0.3, 0.4) is 0 Å². The predicted octanol–water partition coefficient (Wildman–Crippen LogP) is 3.54. The maximum absolute atomic E-state index is 5.94. The van der Waals surface area contributed by atoms with Gasteiger partial charge in [-0.15, -0.1) is 30.6 Å². The molecule has 112 valence electrons. The molecule has 0 spiro atoms. The molecular weight excluding hydrogens is 405 g/mol. The molecule has 0 unspecified atom stereocenters. The molecule has 0 aliphatic rings. The van der Waals surface area contributed by atoms with Crippen molar-refractivity contribution in [2.75, 3.05) is 25.1 Å². The standard InChI is InChI=1S/C14H20ClN3S.HI/c1-3-8-19-9-7-17-14(16-2)18-11-12-5-4-6-13(15)10-12;/h3-6,10H,1,7-9,11H2,2H3,(H2,16,17,18);1H. The van der Waals surface area contributed by atoms with Crippen molar-refractivity contribution in [2.24, 2.45) is 4.99 Å². The molecule has 1 rings (SSSR count). The number of benzene rings is 1. The van der Waals surface area contributed by atoms with E-state index in [0.29, 0.717) is 6.54 Å². The van der Waals surface area contributed by atoms with E-state index in [9.17, 15) is 0 Å². The molecule has 2 N–H and O–H groups in total. The molecule has 0 atom stereocenters. The number of hydrogen-bond donors (Lipinski definition) is 2. The molecule has 1 aromatic carbocycles. The Hall–Kier alpha value is -0.400. The minimum Gasteiger partial charge on any atom is -0.356 e. The summed E-state index contributed by atoms with van der Waals surface area (Å²) in [5.41, 5.74) is 1.14. The van der Waals surface area contributed by atoms with Crippen molar-refractivity contribution in [3.63, 3.8) is 0 Å². The van der Waals surface area contributed by atoms with Crippen molar-refractivity contribution in [1.29, 1.82) is 0 Å².